The van der Waals surface area contributed by atoms with Crippen LogP contribution in [0.4, 0.5) is 10.6 Å². The summed E-state index contributed by atoms with van der Waals surface area (Å²) < 4.78 is 11.2. The molecule has 0 saturated carbocycles. The van der Waals surface area contributed by atoms with E-state index >= 15 is 0 Å². The molecule has 1 aliphatic heterocycles. The first-order chi connectivity index (χ1) is 12.8. The van der Waals surface area contributed by atoms with Gasteiger partial charge in [-0.25, -0.2) is 14.8 Å². The number of nitrogens with zero attached hydrogens (tertiary/aromatic N) is 4. The number of likely N-dealkylation sites (tertiary alicyclic amines) is 1. The van der Waals surface area contributed by atoms with Gasteiger partial charge in [0.2, 0.25) is 0 Å². The van der Waals surface area contributed by atoms with Gasteiger partial charge >= 0.3 is 6.09 Å². The number of anilines is 1. The summed E-state index contributed by atoms with van der Waals surface area (Å²) in [5, 5.41) is 0. The second-order valence-corrected chi connectivity index (χ2v) is 7.75. The topological polar surface area (TPSA) is 67.8 Å². The Bertz CT molecular complexity index is 818. The summed E-state index contributed by atoms with van der Waals surface area (Å²) in [4.78, 5) is 25.6. The van der Waals surface area contributed by atoms with E-state index in [1.165, 1.54) is 0 Å². The smallest absolute Gasteiger partial charge is 0.410 e. The first-order valence-corrected chi connectivity index (χ1v) is 9.39. The fourth-order valence-corrected chi connectivity index (χ4v) is 3.16. The van der Waals surface area contributed by atoms with Gasteiger partial charge in [0.1, 0.15) is 5.60 Å². The third-order valence-electron chi connectivity index (χ3n) is 4.50. The van der Waals surface area contributed by atoms with E-state index in [4.69, 9.17) is 14.5 Å². The number of carbonyl (C=O) groups excluding carboxylic acids is 1. The number of carbonyl (C=O) groups is 1. The number of fused-ring (bicyclic) bond motifs is 1. The molecule has 2 aromatic rings. The Balaban J connectivity index is 1.80. The van der Waals surface area contributed by atoms with E-state index < -0.39 is 5.60 Å². The van der Waals surface area contributed by atoms with Gasteiger partial charge in [-0.1, -0.05) is 12.1 Å². The monoisotopic (exact) mass is 372 g/mol. The minimum Gasteiger partial charge on any atom is -0.475 e. The minimum atomic E-state index is -0.493. The number of ether oxygens (including phenoxy) is 2. The van der Waals surface area contributed by atoms with Crippen LogP contribution in [0.25, 0.3) is 11.0 Å². The third-order valence-corrected chi connectivity index (χ3v) is 4.50. The zero-order valence-electron chi connectivity index (χ0n) is 16.7. The van der Waals surface area contributed by atoms with Crippen molar-refractivity contribution < 1.29 is 14.3 Å². The summed E-state index contributed by atoms with van der Waals surface area (Å²) in [6.07, 6.45) is 0.573. The second kappa shape index (κ2) is 7.58. The molecular weight excluding hydrogens is 344 g/mol. The van der Waals surface area contributed by atoms with Gasteiger partial charge in [0, 0.05) is 26.2 Å². The molecule has 1 fully saturated rings. The van der Waals surface area contributed by atoms with Crippen molar-refractivity contribution in [1.82, 2.24) is 14.9 Å². The van der Waals surface area contributed by atoms with Crippen molar-refractivity contribution in [1.29, 1.82) is 0 Å². The van der Waals surface area contributed by atoms with Crippen molar-refractivity contribution in [3.05, 3.63) is 24.3 Å². The maximum atomic E-state index is 12.3. The van der Waals surface area contributed by atoms with Crippen LogP contribution in [-0.4, -0.2) is 59.3 Å². The van der Waals surface area contributed by atoms with E-state index in [9.17, 15) is 4.79 Å². The van der Waals surface area contributed by atoms with Crippen molar-refractivity contribution in [2.24, 2.45) is 0 Å². The van der Waals surface area contributed by atoms with Crippen LogP contribution >= 0.6 is 0 Å². The van der Waals surface area contributed by atoms with Gasteiger partial charge in [-0.3, -0.25) is 0 Å². The molecule has 7 heteroatoms. The number of likely N-dealkylation sites (N-methyl/N-ethyl adjacent to an activating group) is 1. The van der Waals surface area contributed by atoms with Gasteiger partial charge < -0.3 is 19.3 Å². The summed E-state index contributed by atoms with van der Waals surface area (Å²) >= 11 is 0. The zero-order valence-corrected chi connectivity index (χ0v) is 16.7. The second-order valence-electron chi connectivity index (χ2n) is 7.75. The number of para-hydroxylation sites is 2. The maximum absolute atomic E-state index is 12.3. The van der Waals surface area contributed by atoms with Gasteiger partial charge in [-0.15, -0.1) is 0 Å². The molecule has 1 aromatic heterocycles. The molecule has 0 aliphatic carbocycles. The molecule has 27 heavy (non-hydrogen) atoms. The van der Waals surface area contributed by atoms with Crippen LogP contribution in [-0.2, 0) is 4.74 Å². The Hall–Kier alpha value is -2.57. The molecule has 1 aromatic carbocycles. The van der Waals surface area contributed by atoms with Crippen LogP contribution in [0.2, 0.25) is 0 Å². The molecule has 0 spiro atoms. The van der Waals surface area contributed by atoms with Crippen LogP contribution in [0.3, 0.4) is 0 Å². The van der Waals surface area contributed by atoms with Crippen LogP contribution in [0.5, 0.6) is 5.88 Å². The molecule has 2 heterocycles. The number of hydrogen-bond donors (Lipinski definition) is 0. The van der Waals surface area contributed by atoms with E-state index in [2.05, 4.69) is 9.88 Å². The van der Waals surface area contributed by atoms with Crippen LogP contribution in [0.15, 0.2) is 24.3 Å². The highest BCUT2D eigenvalue weighted by Gasteiger charge is 2.33. The first-order valence-electron chi connectivity index (χ1n) is 9.39. The summed E-state index contributed by atoms with van der Waals surface area (Å²) in [6.45, 7) is 9.33. The molecule has 0 bridgehead atoms. The Morgan fingerprint density at radius 2 is 1.93 bits per heavy atom. The molecule has 0 radical (unpaired) electrons. The lowest BCUT2D eigenvalue weighted by Crippen LogP contribution is -2.39. The Morgan fingerprint density at radius 1 is 1.26 bits per heavy atom. The number of aromatic nitrogens is 2. The molecule has 146 valence electrons. The number of hydrogen-bond acceptors (Lipinski definition) is 6. The maximum Gasteiger partial charge on any atom is 0.410 e. The average molecular weight is 372 g/mol. The molecule has 7 nitrogen and oxygen atoms in total. The highest BCUT2D eigenvalue weighted by atomic mass is 16.6. The van der Waals surface area contributed by atoms with E-state index in [0.717, 1.165) is 17.5 Å². The Morgan fingerprint density at radius 3 is 2.56 bits per heavy atom. The third kappa shape index (κ3) is 4.40. The number of rotatable bonds is 4. The van der Waals surface area contributed by atoms with Crippen molar-refractivity contribution in [3.63, 3.8) is 0 Å². The van der Waals surface area contributed by atoms with Crippen LogP contribution in [0.1, 0.15) is 34.1 Å². The van der Waals surface area contributed by atoms with Gasteiger partial charge in [-0.2, -0.15) is 0 Å². The predicted octanol–water partition coefficient (Wildman–Crippen LogP) is 3.47. The molecule has 1 amide bonds. The van der Waals surface area contributed by atoms with E-state index in [1.54, 1.807) is 4.90 Å². The van der Waals surface area contributed by atoms with Gasteiger partial charge in [0.25, 0.3) is 5.88 Å². The fraction of sp³-hybridized carbons (Fsp3) is 0.550. The molecule has 3 rings (SSSR count). The Labute approximate surface area is 160 Å². The summed E-state index contributed by atoms with van der Waals surface area (Å²) in [5.74, 6) is 1.22. The SMILES string of the molecule is CCOc1nc2ccccc2nc1N(C)[C@H]1CCN(C(=O)OC(C)(C)C)C1. The largest absolute Gasteiger partial charge is 0.475 e. The lowest BCUT2D eigenvalue weighted by molar-refractivity contribution is 0.0292. The molecule has 1 aliphatic rings. The van der Waals surface area contributed by atoms with Gasteiger partial charge in [0.05, 0.1) is 17.6 Å². The van der Waals surface area contributed by atoms with Gasteiger partial charge in [0.15, 0.2) is 5.82 Å². The summed E-state index contributed by atoms with van der Waals surface area (Å²) in [6, 6.07) is 7.88. The highest BCUT2D eigenvalue weighted by molar-refractivity contribution is 5.77. The van der Waals surface area contributed by atoms with E-state index in [1.807, 2.05) is 59.0 Å². The standard InChI is InChI=1S/C20H28N4O3/c1-6-26-18-17(21-15-9-7-8-10-16(15)22-18)23(5)14-11-12-24(13-14)19(25)27-20(2,3)4/h7-10,14H,6,11-13H2,1-5H3/t14-/m0/s1. The molecule has 0 N–H and O–H groups in total. The number of amides is 1. The number of benzene rings is 1. The quantitative estimate of drug-likeness (QED) is 0.819. The first kappa shape index (κ1) is 19.2. The lowest BCUT2D eigenvalue weighted by Gasteiger charge is -2.28. The van der Waals surface area contributed by atoms with E-state index in [-0.39, 0.29) is 12.1 Å². The van der Waals surface area contributed by atoms with Crippen molar-refractivity contribution in [3.8, 4) is 5.88 Å². The van der Waals surface area contributed by atoms with E-state index in [0.29, 0.717) is 31.4 Å². The lowest BCUT2D eigenvalue weighted by atomic mass is 10.2. The highest BCUT2D eigenvalue weighted by Crippen LogP contribution is 2.30. The molecule has 1 saturated heterocycles. The molecule has 1 atom stereocenters. The van der Waals surface area contributed by atoms with Crippen molar-refractivity contribution in [2.45, 2.75) is 45.8 Å². The van der Waals surface area contributed by atoms with Crippen molar-refractivity contribution >= 4 is 22.9 Å². The summed E-state index contributed by atoms with van der Waals surface area (Å²) in [5.41, 5.74) is 1.14. The van der Waals surface area contributed by atoms with Gasteiger partial charge in [-0.05, 0) is 46.2 Å². The zero-order chi connectivity index (χ0) is 19.6. The predicted molar refractivity (Wildman–Crippen MR) is 105 cm³/mol. The molecule has 0 unspecified atom stereocenters. The normalized spacial score (nSPS) is 17.2. The molecular formula is C20H28N4O3. The Kier molecular flexibility index (Phi) is 5.39. The van der Waals surface area contributed by atoms with Crippen LogP contribution in [0, 0.1) is 0 Å². The van der Waals surface area contributed by atoms with Crippen LogP contribution < -0.4 is 9.64 Å². The summed E-state index contributed by atoms with van der Waals surface area (Å²) in [7, 11) is 1.98. The fourth-order valence-electron chi connectivity index (χ4n) is 3.16. The minimum absolute atomic E-state index is 0.132. The average Bonchev–Trinajstić information content (AvgIpc) is 3.10. The van der Waals surface area contributed by atoms with Crippen molar-refractivity contribution in [2.75, 3.05) is 31.6 Å².